The normalized spacial score (nSPS) is 39.2. The van der Waals surface area contributed by atoms with Crippen LogP contribution in [0.4, 0.5) is 0 Å². The highest BCUT2D eigenvalue weighted by molar-refractivity contribution is 4.84. The number of hydrogen-bond donors (Lipinski definition) is 1. The molecule has 0 amide bonds. The number of piperazine rings is 1. The minimum Gasteiger partial charge on any atom is -0.377 e. The van der Waals surface area contributed by atoms with Crippen molar-refractivity contribution in [2.45, 2.75) is 51.3 Å². The van der Waals surface area contributed by atoms with Crippen LogP contribution in [0.25, 0.3) is 0 Å². The molecule has 15 heavy (non-hydrogen) atoms. The van der Waals surface area contributed by atoms with Gasteiger partial charge in [0.25, 0.3) is 0 Å². The van der Waals surface area contributed by atoms with Gasteiger partial charge in [0.1, 0.15) is 0 Å². The van der Waals surface area contributed by atoms with E-state index >= 15 is 0 Å². The zero-order valence-electron chi connectivity index (χ0n) is 10.0. The Hall–Kier alpha value is -0.120. The molecule has 88 valence electrons. The highest BCUT2D eigenvalue weighted by Crippen LogP contribution is 2.17. The van der Waals surface area contributed by atoms with E-state index in [1.165, 1.54) is 19.3 Å². The molecule has 0 spiro atoms. The van der Waals surface area contributed by atoms with E-state index in [0.717, 1.165) is 26.2 Å². The van der Waals surface area contributed by atoms with Gasteiger partial charge in [-0.25, -0.2) is 0 Å². The van der Waals surface area contributed by atoms with Crippen molar-refractivity contribution in [2.24, 2.45) is 0 Å². The number of ether oxygens (including phenoxy) is 1. The van der Waals surface area contributed by atoms with E-state index in [2.05, 4.69) is 24.1 Å². The fraction of sp³-hybridized carbons (Fsp3) is 1.00. The van der Waals surface area contributed by atoms with Gasteiger partial charge in [0.05, 0.1) is 6.10 Å². The minimum atomic E-state index is 0.488. The zero-order valence-corrected chi connectivity index (χ0v) is 10.0. The Morgan fingerprint density at radius 1 is 1.20 bits per heavy atom. The summed E-state index contributed by atoms with van der Waals surface area (Å²) in [6, 6.07) is 1.30. The number of rotatable bonds is 2. The maximum Gasteiger partial charge on any atom is 0.0702 e. The molecular formula is C12H24N2O. The zero-order chi connectivity index (χ0) is 10.7. The molecule has 0 aliphatic carbocycles. The van der Waals surface area contributed by atoms with Crippen molar-refractivity contribution in [3.8, 4) is 0 Å². The Kier molecular flexibility index (Phi) is 4.00. The van der Waals surface area contributed by atoms with E-state index in [1.54, 1.807) is 0 Å². The third kappa shape index (κ3) is 2.92. The van der Waals surface area contributed by atoms with Gasteiger partial charge in [-0.3, -0.25) is 4.90 Å². The first-order chi connectivity index (χ1) is 7.27. The summed E-state index contributed by atoms with van der Waals surface area (Å²) in [5.41, 5.74) is 0. The van der Waals surface area contributed by atoms with E-state index < -0.39 is 0 Å². The standard InChI is InChI=1S/C12H24N2O/c1-10-7-13-8-11(2)14(10)9-12-5-3-4-6-15-12/h10-13H,3-9H2,1-2H3. The molecule has 2 aliphatic heterocycles. The first-order valence-corrected chi connectivity index (χ1v) is 6.35. The Morgan fingerprint density at radius 3 is 2.53 bits per heavy atom. The fourth-order valence-corrected chi connectivity index (χ4v) is 2.72. The van der Waals surface area contributed by atoms with E-state index in [1.807, 2.05) is 0 Å². The van der Waals surface area contributed by atoms with Crippen molar-refractivity contribution in [3.05, 3.63) is 0 Å². The molecule has 3 atom stereocenters. The van der Waals surface area contributed by atoms with Crippen molar-refractivity contribution in [1.29, 1.82) is 0 Å². The monoisotopic (exact) mass is 212 g/mol. The highest BCUT2D eigenvalue weighted by Gasteiger charge is 2.27. The third-order valence-corrected chi connectivity index (χ3v) is 3.70. The summed E-state index contributed by atoms with van der Waals surface area (Å²) in [7, 11) is 0. The van der Waals surface area contributed by atoms with Crippen LogP contribution in [0.5, 0.6) is 0 Å². The van der Waals surface area contributed by atoms with Gasteiger partial charge in [0.2, 0.25) is 0 Å². The Bertz CT molecular complexity index is 182. The molecular weight excluding hydrogens is 188 g/mol. The molecule has 2 rings (SSSR count). The van der Waals surface area contributed by atoms with Gasteiger partial charge in [-0.05, 0) is 33.1 Å². The van der Waals surface area contributed by atoms with Crippen LogP contribution in [0, 0.1) is 0 Å². The van der Waals surface area contributed by atoms with Crippen molar-refractivity contribution in [2.75, 3.05) is 26.2 Å². The molecule has 2 aliphatic rings. The molecule has 0 aromatic heterocycles. The predicted molar refractivity (Wildman–Crippen MR) is 62.1 cm³/mol. The van der Waals surface area contributed by atoms with Crippen molar-refractivity contribution in [3.63, 3.8) is 0 Å². The second-order valence-electron chi connectivity index (χ2n) is 5.04. The Labute approximate surface area is 93.2 Å². The van der Waals surface area contributed by atoms with Crippen LogP contribution in [0.2, 0.25) is 0 Å². The SMILES string of the molecule is CC1CNCC(C)N1CC1CCCCO1. The van der Waals surface area contributed by atoms with Crippen LogP contribution in [0.1, 0.15) is 33.1 Å². The number of hydrogen-bond acceptors (Lipinski definition) is 3. The van der Waals surface area contributed by atoms with Crippen molar-refractivity contribution >= 4 is 0 Å². The summed E-state index contributed by atoms with van der Waals surface area (Å²) in [4.78, 5) is 2.60. The summed E-state index contributed by atoms with van der Waals surface area (Å²) in [6.45, 7) is 8.97. The molecule has 0 aromatic rings. The van der Waals surface area contributed by atoms with Gasteiger partial charge in [-0.1, -0.05) is 0 Å². The molecule has 1 N–H and O–H groups in total. The minimum absolute atomic E-state index is 0.488. The number of nitrogens with zero attached hydrogens (tertiary/aromatic N) is 1. The van der Waals surface area contributed by atoms with Crippen LogP contribution in [-0.4, -0.2) is 49.3 Å². The van der Waals surface area contributed by atoms with Gasteiger partial charge < -0.3 is 10.1 Å². The van der Waals surface area contributed by atoms with Gasteiger partial charge in [-0.2, -0.15) is 0 Å². The molecule has 2 fully saturated rings. The molecule has 0 radical (unpaired) electrons. The molecule has 3 nitrogen and oxygen atoms in total. The van der Waals surface area contributed by atoms with Gasteiger partial charge in [0.15, 0.2) is 0 Å². The topological polar surface area (TPSA) is 24.5 Å². The van der Waals surface area contributed by atoms with E-state index in [-0.39, 0.29) is 0 Å². The lowest BCUT2D eigenvalue weighted by Gasteiger charge is -2.41. The molecule has 0 bridgehead atoms. The van der Waals surface area contributed by atoms with Crippen LogP contribution in [-0.2, 0) is 4.74 Å². The third-order valence-electron chi connectivity index (χ3n) is 3.70. The molecule has 3 heteroatoms. The van der Waals surface area contributed by atoms with Crippen molar-refractivity contribution < 1.29 is 4.74 Å². The second-order valence-corrected chi connectivity index (χ2v) is 5.04. The van der Waals surface area contributed by atoms with Crippen LogP contribution >= 0.6 is 0 Å². The summed E-state index contributed by atoms with van der Waals surface area (Å²) in [5, 5.41) is 3.47. The first-order valence-electron chi connectivity index (χ1n) is 6.35. The van der Waals surface area contributed by atoms with Crippen LogP contribution in [0.15, 0.2) is 0 Å². The Balaban J connectivity index is 1.84. The molecule has 2 saturated heterocycles. The van der Waals surface area contributed by atoms with Crippen LogP contribution < -0.4 is 5.32 Å². The van der Waals surface area contributed by atoms with Crippen molar-refractivity contribution in [1.82, 2.24) is 10.2 Å². The lowest BCUT2D eigenvalue weighted by Crippen LogP contribution is -2.57. The lowest BCUT2D eigenvalue weighted by atomic mass is 10.0. The maximum absolute atomic E-state index is 5.82. The lowest BCUT2D eigenvalue weighted by molar-refractivity contribution is -0.0261. The molecule has 3 unspecified atom stereocenters. The summed E-state index contributed by atoms with van der Waals surface area (Å²) in [5.74, 6) is 0. The smallest absolute Gasteiger partial charge is 0.0702 e. The quantitative estimate of drug-likeness (QED) is 0.745. The fourth-order valence-electron chi connectivity index (χ4n) is 2.72. The summed E-state index contributed by atoms with van der Waals surface area (Å²) < 4.78 is 5.82. The average molecular weight is 212 g/mol. The second kappa shape index (κ2) is 5.28. The largest absolute Gasteiger partial charge is 0.377 e. The first kappa shape index (κ1) is 11.4. The van der Waals surface area contributed by atoms with Gasteiger partial charge in [-0.15, -0.1) is 0 Å². The van der Waals surface area contributed by atoms with Gasteiger partial charge in [0, 0.05) is 38.3 Å². The van der Waals surface area contributed by atoms with Crippen LogP contribution in [0.3, 0.4) is 0 Å². The molecule has 0 aromatic carbocycles. The predicted octanol–water partition coefficient (Wildman–Crippen LogP) is 1.24. The maximum atomic E-state index is 5.82. The number of nitrogens with one attached hydrogen (secondary N) is 1. The summed E-state index contributed by atoms with van der Waals surface area (Å²) >= 11 is 0. The highest BCUT2D eigenvalue weighted by atomic mass is 16.5. The molecule has 2 heterocycles. The van der Waals surface area contributed by atoms with Gasteiger partial charge >= 0.3 is 0 Å². The Morgan fingerprint density at radius 2 is 1.93 bits per heavy atom. The van der Waals surface area contributed by atoms with E-state index in [0.29, 0.717) is 18.2 Å². The molecule has 0 saturated carbocycles. The van der Waals surface area contributed by atoms with E-state index in [4.69, 9.17) is 4.74 Å². The average Bonchev–Trinajstić information content (AvgIpc) is 2.25. The van der Waals surface area contributed by atoms with E-state index in [9.17, 15) is 0 Å². The summed E-state index contributed by atoms with van der Waals surface area (Å²) in [6.07, 6.45) is 4.34.